The molecule has 4 nitrogen and oxygen atoms in total. The molecule has 40 heavy (non-hydrogen) atoms. The Balaban J connectivity index is 1.26. The highest BCUT2D eigenvalue weighted by Crippen LogP contribution is 2.32. The predicted octanol–water partition coefficient (Wildman–Crippen LogP) is 8.00. The summed E-state index contributed by atoms with van der Waals surface area (Å²) in [5, 5.41) is 2.99. The normalized spacial score (nSPS) is 19.5. The first kappa shape index (κ1) is 27.8. The van der Waals surface area contributed by atoms with Gasteiger partial charge in [0.05, 0.1) is 11.3 Å². The second-order valence-corrected chi connectivity index (χ2v) is 10.8. The number of alkyl halides is 3. The molecule has 0 spiro atoms. The zero-order valence-corrected chi connectivity index (χ0v) is 22.8. The average Bonchev–Trinajstić information content (AvgIpc) is 3.13. The number of amides is 1. The highest BCUT2D eigenvalue weighted by atomic mass is 19.4. The van der Waals surface area contributed by atoms with Crippen molar-refractivity contribution in [2.24, 2.45) is 16.8 Å². The fraction of sp³-hybridized carbons (Fsp3) is 0.333. The zero-order chi connectivity index (χ0) is 28.3. The Morgan fingerprint density at radius 2 is 1.82 bits per heavy atom. The minimum Gasteiger partial charge on any atom is -0.322 e. The van der Waals surface area contributed by atoms with E-state index in [-0.39, 0.29) is 5.91 Å². The van der Waals surface area contributed by atoms with Crippen LogP contribution < -0.4 is 5.32 Å². The lowest BCUT2D eigenvalue weighted by molar-refractivity contribution is -0.137. The van der Waals surface area contributed by atoms with E-state index in [1.165, 1.54) is 23.3 Å². The number of fused-ring (bicyclic) bond motifs is 1. The summed E-state index contributed by atoms with van der Waals surface area (Å²) >= 11 is 0. The monoisotopic (exact) mass is 545 g/mol. The van der Waals surface area contributed by atoms with Crippen LogP contribution >= 0.6 is 0 Å². The van der Waals surface area contributed by atoms with Crippen molar-refractivity contribution in [3.63, 3.8) is 0 Å². The number of rotatable bonds is 6. The molecule has 0 saturated heterocycles. The standard InChI is InChI=1S/C33H34F3N3O/c1-3-23-19-37-29(14-8-22(23)2)21-39-17-16-25-18-28(15-11-26(25)20-39)38-32(40)31-7-5-4-6-30(31)24-9-12-27(13-10-24)33(34,35)36/h4-7,9-15,18-19,22-23H,3,8,16-17,20-21H2,1-2H3,(H,38,40)/t22-,23?/m1/s1. The molecule has 0 aromatic heterocycles. The Hall–Kier alpha value is -3.71. The molecule has 2 heterocycles. The lowest BCUT2D eigenvalue weighted by Crippen LogP contribution is -2.32. The van der Waals surface area contributed by atoms with E-state index >= 15 is 0 Å². The fourth-order valence-electron chi connectivity index (χ4n) is 5.52. The number of nitrogens with one attached hydrogen (secondary N) is 1. The summed E-state index contributed by atoms with van der Waals surface area (Å²) in [6.45, 7) is 7.09. The predicted molar refractivity (Wildman–Crippen MR) is 154 cm³/mol. The number of anilines is 1. The van der Waals surface area contributed by atoms with Crippen LogP contribution in [0, 0.1) is 11.8 Å². The van der Waals surface area contributed by atoms with Crippen LogP contribution in [0.15, 0.2) is 83.5 Å². The van der Waals surface area contributed by atoms with Crippen LogP contribution in [0.25, 0.3) is 11.1 Å². The number of hydrogen-bond acceptors (Lipinski definition) is 3. The zero-order valence-electron chi connectivity index (χ0n) is 22.8. The van der Waals surface area contributed by atoms with E-state index in [2.05, 4.69) is 42.4 Å². The molecular formula is C33H34F3N3O. The highest BCUT2D eigenvalue weighted by Gasteiger charge is 2.30. The number of aliphatic imine (C=N–C) groups is 1. The van der Waals surface area contributed by atoms with Crippen molar-refractivity contribution >= 4 is 17.8 Å². The summed E-state index contributed by atoms with van der Waals surface area (Å²) < 4.78 is 39.0. The Labute approximate surface area is 233 Å². The summed E-state index contributed by atoms with van der Waals surface area (Å²) in [6, 6.07) is 17.8. The lowest BCUT2D eigenvalue weighted by Gasteiger charge is -2.29. The molecule has 2 atom stereocenters. The van der Waals surface area contributed by atoms with Gasteiger partial charge in [0, 0.05) is 37.1 Å². The molecular weight excluding hydrogens is 511 g/mol. The van der Waals surface area contributed by atoms with E-state index in [9.17, 15) is 18.0 Å². The number of hydrogen-bond donors (Lipinski definition) is 1. The Kier molecular flexibility index (Phi) is 8.22. The van der Waals surface area contributed by atoms with Gasteiger partial charge in [0.25, 0.3) is 5.91 Å². The molecule has 0 saturated carbocycles. The summed E-state index contributed by atoms with van der Waals surface area (Å²) in [5.41, 5.74) is 5.12. The first-order chi connectivity index (χ1) is 19.2. The van der Waals surface area contributed by atoms with E-state index < -0.39 is 11.7 Å². The Morgan fingerprint density at radius 1 is 1.05 bits per heavy atom. The minimum absolute atomic E-state index is 0.300. The van der Waals surface area contributed by atoms with Crippen LogP contribution in [0.2, 0.25) is 0 Å². The van der Waals surface area contributed by atoms with Gasteiger partial charge in [-0.05, 0) is 83.7 Å². The number of carbonyl (C=O) groups is 1. The van der Waals surface area contributed by atoms with Gasteiger partial charge in [0.1, 0.15) is 0 Å². The summed E-state index contributed by atoms with van der Waals surface area (Å²) in [6.07, 6.45) is 3.06. The average molecular weight is 546 g/mol. The summed E-state index contributed by atoms with van der Waals surface area (Å²) in [4.78, 5) is 20.5. The van der Waals surface area contributed by atoms with Crippen molar-refractivity contribution < 1.29 is 18.0 Å². The third kappa shape index (κ3) is 6.36. The van der Waals surface area contributed by atoms with Gasteiger partial charge in [0.15, 0.2) is 0 Å². The molecule has 1 amide bonds. The van der Waals surface area contributed by atoms with Crippen LogP contribution in [0.5, 0.6) is 0 Å². The van der Waals surface area contributed by atoms with Gasteiger partial charge in [-0.15, -0.1) is 0 Å². The van der Waals surface area contributed by atoms with Crippen molar-refractivity contribution in [2.45, 2.75) is 45.8 Å². The van der Waals surface area contributed by atoms with Gasteiger partial charge in [-0.25, -0.2) is 0 Å². The quantitative estimate of drug-likeness (QED) is 0.341. The molecule has 2 aliphatic heterocycles. The van der Waals surface area contributed by atoms with E-state index in [0.29, 0.717) is 34.2 Å². The first-order valence-electron chi connectivity index (χ1n) is 13.9. The minimum atomic E-state index is -4.41. The number of benzene rings is 3. The van der Waals surface area contributed by atoms with Crippen LogP contribution in [-0.2, 0) is 19.1 Å². The van der Waals surface area contributed by atoms with E-state index in [1.807, 2.05) is 12.1 Å². The smallest absolute Gasteiger partial charge is 0.322 e. The third-order valence-corrected chi connectivity index (χ3v) is 8.00. The first-order valence-corrected chi connectivity index (χ1v) is 13.9. The molecule has 0 fully saturated rings. The van der Waals surface area contributed by atoms with Gasteiger partial charge >= 0.3 is 6.18 Å². The van der Waals surface area contributed by atoms with E-state index in [1.54, 1.807) is 24.3 Å². The molecule has 1 N–H and O–H groups in total. The third-order valence-electron chi connectivity index (χ3n) is 8.00. The number of carbonyl (C=O) groups excluding carboxylic acids is 1. The van der Waals surface area contributed by atoms with Crippen LogP contribution in [0.4, 0.5) is 18.9 Å². The van der Waals surface area contributed by atoms with Crippen molar-refractivity contribution in [2.75, 3.05) is 18.4 Å². The van der Waals surface area contributed by atoms with Gasteiger partial charge in [-0.2, -0.15) is 13.2 Å². The molecule has 0 bridgehead atoms. The number of nitrogens with zero attached hydrogens (tertiary/aromatic N) is 2. The Bertz CT molecular complexity index is 1430. The van der Waals surface area contributed by atoms with Crippen molar-refractivity contribution in [1.82, 2.24) is 4.90 Å². The van der Waals surface area contributed by atoms with Crippen molar-refractivity contribution in [1.29, 1.82) is 0 Å². The molecule has 2 aliphatic rings. The van der Waals surface area contributed by atoms with E-state index in [0.717, 1.165) is 56.7 Å². The van der Waals surface area contributed by atoms with Gasteiger partial charge < -0.3 is 5.32 Å². The van der Waals surface area contributed by atoms with Gasteiger partial charge in [-0.1, -0.05) is 56.3 Å². The van der Waals surface area contributed by atoms with Gasteiger partial charge in [-0.3, -0.25) is 14.7 Å². The maximum atomic E-state index is 13.3. The molecule has 5 rings (SSSR count). The van der Waals surface area contributed by atoms with Crippen LogP contribution in [0.1, 0.15) is 53.7 Å². The lowest BCUT2D eigenvalue weighted by atomic mass is 9.90. The topological polar surface area (TPSA) is 44.7 Å². The largest absolute Gasteiger partial charge is 0.416 e. The summed E-state index contributed by atoms with van der Waals surface area (Å²) in [5.74, 6) is 0.848. The molecule has 1 unspecified atom stereocenters. The number of halogens is 3. The molecule has 7 heteroatoms. The second kappa shape index (κ2) is 11.8. The molecule has 3 aromatic carbocycles. The molecule has 0 aliphatic carbocycles. The van der Waals surface area contributed by atoms with Crippen LogP contribution in [-0.4, -0.2) is 30.1 Å². The molecule has 3 aromatic rings. The van der Waals surface area contributed by atoms with E-state index in [4.69, 9.17) is 4.99 Å². The van der Waals surface area contributed by atoms with Crippen LogP contribution in [0.3, 0.4) is 0 Å². The summed E-state index contributed by atoms with van der Waals surface area (Å²) in [7, 11) is 0. The molecule has 0 radical (unpaired) electrons. The maximum absolute atomic E-state index is 13.3. The van der Waals surface area contributed by atoms with Crippen molar-refractivity contribution in [3.05, 3.63) is 101 Å². The van der Waals surface area contributed by atoms with Gasteiger partial charge in [0.2, 0.25) is 0 Å². The maximum Gasteiger partial charge on any atom is 0.416 e. The van der Waals surface area contributed by atoms with Crippen molar-refractivity contribution in [3.8, 4) is 11.1 Å². The second-order valence-electron chi connectivity index (χ2n) is 10.8. The number of allylic oxidation sites excluding steroid dienone is 1. The Morgan fingerprint density at radius 3 is 2.58 bits per heavy atom. The molecule has 208 valence electrons. The highest BCUT2D eigenvalue weighted by molar-refractivity contribution is 6.08. The fourth-order valence-corrected chi connectivity index (χ4v) is 5.52. The SMILES string of the molecule is CCC1C=NC(CN2CCc3cc(NC(=O)c4ccccc4-c4ccc(C(F)(F)F)cc4)ccc3C2)=CC[C@H]1C.